The fourth-order valence-corrected chi connectivity index (χ4v) is 3.92. The zero-order valence-electron chi connectivity index (χ0n) is 13.5. The van der Waals surface area contributed by atoms with Gasteiger partial charge in [-0.1, -0.05) is 57.3 Å². The van der Waals surface area contributed by atoms with Crippen LogP contribution in [0.25, 0.3) is 0 Å². The predicted molar refractivity (Wildman–Crippen MR) is 104 cm³/mol. The van der Waals surface area contributed by atoms with Crippen LogP contribution < -0.4 is 0 Å². The number of carbonyl (C=O) groups is 1. The molecule has 3 nitrogen and oxygen atoms in total. The third-order valence-electron chi connectivity index (χ3n) is 4.69. The van der Waals surface area contributed by atoms with Crippen molar-refractivity contribution in [2.75, 3.05) is 13.1 Å². The highest BCUT2D eigenvalue weighted by Gasteiger charge is 2.30. The molecule has 6 heteroatoms. The van der Waals surface area contributed by atoms with Crippen molar-refractivity contribution in [3.05, 3.63) is 68.1 Å². The van der Waals surface area contributed by atoms with Crippen LogP contribution in [0.1, 0.15) is 30.0 Å². The molecule has 1 fully saturated rings. The number of halogens is 3. The van der Waals surface area contributed by atoms with Gasteiger partial charge in [0.05, 0.1) is 22.0 Å². The molecule has 2 aromatic carbocycles. The van der Waals surface area contributed by atoms with Crippen LogP contribution in [0, 0.1) is 5.92 Å². The number of carboxylic acids is 1. The Balaban J connectivity index is 1.93. The molecule has 0 aliphatic carbocycles. The number of aliphatic carboxylic acids is 1. The molecule has 0 spiro atoms. The molecule has 1 aliphatic heterocycles. The SMILES string of the molecule is O=C(O)C1CCN(C(c2ccc(Br)cc2)c2ccc(Cl)c(Cl)c2)CC1. The Morgan fingerprint density at radius 3 is 2.20 bits per heavy atom. The van der Waals surface area contributed by atoms with Gasteiger partial charge in [-0.15, -0.1) is 0 Å². The number of rotatable bonds is 4. The summed E-state index contributed by atoms with van der Waals surface area (Å²) < 4.78 is 1.02. The summed E-state index contributed by atoms with van der Waals surface area (Å²) in [7, 11) is 0. The van der Waals surface area contributed by atoms with Crippen LogP contribution in [0.3, 0.4) is 0 Å². The van der Waals surface area contributed by atoms with E-state index in [-0.39, 0.29) is 12.0 Å². The highest BCUT2D eigenvalue weighted by molar-refractivity contribution is 9.10. The van der Waals surface area contributed by atoms with Gasteiger partial charge in [-0.2, -0.15) is 0 Å². The molecule has 2 aromatic rings. The molecular weight excluding hydrogens is 425 g/mol. The van der Waals surface area contributed by atoms with Gasteiger partial charge in [-0.25, -0.2) is 0 Å². The molecule has 0 amide bonds. The maximum Gasteiger partial charge on any atom is 0.306 e. The molecule has 132 valence electrons. The van der Waals surface area contributed by atoms with Crippen molar-refractivity contribution in [1.82, 2.24) is 4.90 Å². The third kappa shape index (κ3) is 4.37. The van der Waals surface area contributed by atoms with Gasteiger partial charge in [0.2, 0.25) is 0 Å². The lowest BCUT2D eigenvalue weighted by atomic mass is 9.91. The number of likely N-dealkylation sites (tertiary alicyclic amines) is 1. The van der Waals surface area contributed by atoms with Crippen molar-refractivity contribution < 1.29 is 9.90 Å². The first-order valence-electron chi connectivity index (χ1n) is 8.13. The highest BCUT2D eigenvalue weighted by Crippen LogP contribution is 2.35. The topological polar surface area (TPSA) is 40.5 Å². The van der Waals surface area contributed by atoms with Crippen LogP contribution in [0.2, 0.25) is 10.0 Å². The molecule has 1 saturated heterocycles. The maximum atomic E-state index is 11.2. The van der Waals surface area contributed by atoms with Crippen LogP contribution in [-0.2, 0) is 4.79 Å². The molecule has 0 saturated carbocycles. The number of benzene rings is 2. The second-order valence-electron chi connectivity index (χ2n) is 6.28. The minimum absolute atomic E-state index is 0.0256. The average Bonchev–Trinajstić information content (AvgIpc) is 2.60. The number of carboxylic acid groups (broad SMARTS) is 1. The third-order valence-corrected chi connectivity index (χ3v) is 5.96. The normalized spacial score (nSPS) is 17.4. The standard InChI is InChI=1S/C19H18BrCl2NO2/c20-15-4-1-12(2-5-15)18(14-3-6-16(21)17(22)11-14)23-9-7-13(8-10-23)19(24)25/h1-6,11,13,18H,7-10H2,(H,24,25). The van der Waals surface area contributed by atoms with Crippen LogP contribution in [0.5, 0.6) is 0 Å². The summed E-state index contributed by atoms with van der Waals surface area (Å²) in [6.45, 7) is 1.47. The zero-order chi connectivity index (χ0) is 18.0. The van der Waals surface area contributed by atoms with E-state index < -0.39 is 5.97 Å². The molecular formula is C19H18BrCl2NO2. The molecule has 3 rings (SSSR count). The van der Waals surface area contributed by atoms with Crippen molar-refractivity contribution in [3.63, 3.8) is 0 Å². The van der Waals surface area contributed by atoms with Gasteiger partial charge in [-0.05, 0) is 61.3 Å². The van der Waals surface area contributed by atoms with E-state index in [1.165, 1.54) is 0 Å². The molecule has 0 aromatic heterocycles. The minimum atomic E-state index is -0.700. The molecule has 1 unspecified atom stereocenters. The predicted octanol–water partition coefficient (Wildman–Crippen LogP) is 5.64. The van der Waals surface area contributed by atoms with E-state index in [2.05, 4.69) is 33.0 Å². The molecule has 1 aliphatic rings. The van der Waals surface area contributed by atoms with Crippen molar-refractivity contribution in [2.45, 2.75) is 18.9 Å². The van der Waals surface area contributed by atoms with Crippen molar-refractivity contribution in [2.24, 2.45) is 5.92 Å². The first-order valence-corrected chi connectivity index (χ1v) is 9.68. The first-order chi connectivity index (χ1) is 12.0. The van der Waals surface area contributed by atoms with Crippen LogP contribution >= 0.6 is 39.1 Å². The monoisotopic (exact) mass is 441 g/mol. The Bertz CT molecular complexity index is 759. The van der Waals surface area contributed by atoms with Gasteiger partial charge in [0.15, 0.2) is 0 Å². The number of piperidine rings is 1. The van der Waals surface area contributed by atoms with Crippen molar-refractivity contribution >= 4 is 45.1 Å². The fourth-order valence-electron chi connectivity index (χ4n) is 3.35. The maximum absolute atomic E-state index is 11.2. The molecule has 0 bridgehead atoms. The summed E-state index contributed by atoms with van der Waals surface area (Å²) in [6.07, 6.45) is 1.31. The second-order valence-corrected chi connectivity index (χ2v) is 8.01. The lowest BCUT2D eigenvalue weighted by Crippen LogP contribution is -2.39. The van der Waals surface area contributed by atoms with E-state index in [0.717, 1.165) is 28.7 Å². The Morgan fingerprint density at radius 1 is 1.04 bits per heavy atom. The van der Waals surface area contributed by atoms with Gasteiger partial charge >= 0.3 is 5.97 Å². The van der Waals surface area contributed by atoms with E-state index in [0.29, 0.717) is 22.9 Å². The molecule has 1 heterocycles. The summed E-state index contributed by atoms with van der Waals surface area (Å²) in [4.78, 5) is 13.6. The minimum Gasteiger partial charge on any atom is -0.481 e. The van der Waals surface area contributed by atoms with Gasteiger partial charge in [0, 0.05) is 4.47 Å². The number of hydrogen-bond acceptors (Lipinski definition) is 2. The van der Waals surface area contributed by atoms with Crippen LogP contribution in [0.4, 0.5) is 0 Å². The van der Waals surface area contributed by atoms with Crippen molar-refractivity contribution in [1.29, 1.82) is 0 Å². The van der Waals surface area contributed by atoms with E-state index in [4.69, 9.17) is 23.2 Å². The number of nitrogens with zero attached hydrogens (tertiary/aromatic N) is 1. The lowest BCUT2D eigenvalue weighted by molar-refractivity contribution is -0.143. The quantitative estimate of drug-likeness (QED) is 0.665. The van der Waals surface area contributed by atoms with Gasteiger partial charge in [0.1, 0.15) is 0 Å². The highest BCUT2D eigenvalue weighted by atomic mass is 79.9. The zero-order valence-corrected chi connectivity index (χ0v) is 16.6. The molecule has 0 radical (unpaired) electrons. The smallest absolute Gasteiger partial charge is 0.306 e. The summed E-state index contributed by atoms with van der Waals surface area (Å²) in [6, 6.07) is 13.9. The van der Waals surface area contributed by atoms with Gasteiger partial charge in [-0.3, -0.25) is 9.69 Å². The van der Waals surface area contributed by atoms with E-state index in [1.807, 2.05) is 30.3 Å². The molecule has 25 heavy (non-hydrogen) atoms. The summed E-state index contributed by atoms with van der Waals surface area (Å²) in [5.74, 6) is -0.954. The van der Waals surface area contributed by atoms with E-state index >= 15 is 0 Å². The average molecular weight is 443 g/mol. The fraction of sp³-hybridized carbons (Fsp3) is 0.316. The number of hydrogen-bond donors (Lipinski definition) is 1. The van der Waals surface area contributed by atoms with E-state index in [1.54, 1.807) is 0 Å². The molecule has 1 atom stereocenters. The van der Waals surface area contributed by atoms with Crippen LogP contribution in [-0.4, -0.2) is 29.1 Å². The van der Waals surface area contributed by atoms with Crippen LogP contribution in [0.15, 0.2) is 46.9 Å². The first kappa shape index (κ1) is 18.7. The van der Waals surface area contributed by atoms with Gasteiger partial charge in [0.25, 0.3) is 0 Å². The summed E-state index contributed by atoms with van der Waals surface area (Å²) in [5, 5.41) is 10.3. The largest absolute Gasteiger partial charge is 0.481 e. The Hall–Kier alpha value is -1.07. The Morgan fingerprint density at radius 2 is 1.64 bits per heavy atom. The Kier molecular flexibility index (Phi) is 6.05. The van der Waals surface area contributed by atoms with Crippen molar-refractivity contribution in [3.8, 4) is 0 Å². The molecule has 1 N–H and O–H groups in total. The summed E-state index contributed by atoms with van der Waals surface area (Å²) in [5.41, 5.74) is 2.21. The lowest BCUT2D eigenvalue weighted by Gasteiger charge is -2.37. The summed E-state index contributed by atoms with van der Waals surface area (Å²) >= 11 is 15.8. The van der Waals surface area contributed by atoms with E-state index in [9.17, 15) is 9.90 Å². The Labute approximate surface area is 165 Å². The van der Waals surface area contributed by atoms with Gasteiger partial charge < -0.3 is 5.11 Å². The second kappa shape index (κ2) is 8.09.